The van der Waals surface area contributed by atoms with Crippen LogP contribution in [0.2, 0.25) is 0 Å². The van der Waals surface area contributed by atoms with Crippen molar-refractivity contribution >= 4 is 29.9 Å². The van der Waals surface area contributed by atoms with Gasteiger partial charge in [0.25, 0.3) is 0 Å². The molecular formula is C17H33IN4O. The zero-order valence-corrected chi connectivity index (χ0v) is 16.7. The minimum atomic E-state index is 0. The van der Waals surface area contributed by atoms with Crippen molar-refractivity contribution < 1.29 is 4.74 Å². The predicted molar refractivity (Wildman–Crippen MR) is 105 cm³/mol. The molecule has 0 aromatic rings. The number of guanidine groups is 1. The Morgan fingerprint density at radius 2 is 1.61 bits per heavy atom. The first-order valence-electron chi connectivity index (χ1n) is 9.12. The molecule has 23 heavy (non-hydrogen) atoms. The second-order valence-electron chi connectivity index (χ2n) is 7.24. The molecule has 1 aliphatic carbocycles. The standard InChI is InChI=1S/C17H32N4O.HI/c18-16(21-12-14-22-15-13-21)19-8-11-20-9-6-17(7-10-20)4-2-1-3-5-17;/h1-15H2,(H2,18,19);1H. The second kappa shape index (κ2) is 9.42. The maximum absolute atomic E-state index is 6.08. The van der Waals surface area contributed by atoms with E-state index in [1.807, 2.05) is 0 Å². The Hall–Kier alpha value is -0.0800. The highest BCUT2D eigenvalue weighted by Gasteiger charge is 2.35. The molecule has 0 aromatic carbocycles. The molecule has 6 heteroatoms. The first-order valence-corrected chi connectivity index (χ1v) is 9.12. The van der Waals surface area contributed by atoms with Gasteiger partial charge < -0.3 is 20.3 Å². The molecule has 5 nitrogen and oxygen atoms in total. The maximum Gasteiger partial charge on any atom is 0.191 e. The molecule has 0 radical (unpaired) electrons. The van der Waals surface area contributed by atoms with Crippen LogP contribution in [-0.4, -0.2) is 68.2 Å². The zero-order valence-electron chi connectivity index (χ0n) is 14.3. The van der Waals surface area contributed by atoms with Crippen LogP contribution >= 0.6 is 24.0 Å². The molecule has 2 N–H and O–H groups in total. The average molecular weight is 436 g/mol. The van der Waals surface area contributed by atoms with E-state index >= 15 is 0 Å². The monoisotopic (exact) mass is 436 g/mol. The van der Waals surface area contributed by atoms with Crippen molar-refractivity contribution in [2.75, 3.05) is 52.5 Å². The minimum absolute atomic E-state index is 0. The Bertz CT molecular complexity index is 369. The predicted octanol–water partition coefficient (Wildman–Crippen LogP) is 2.30. The lowest BCUT2D eigenvalue weighted by Crippen LogP contribution is -2.45. The van der Waals surface area contributed by atoms with Gasteiger partial charge in [0, 0.05) is 19.6 Å². The Kier molecular flexibility index (Phi) is 7.88. The van der Waals surface area contributed by atoms with Crippen LogP contribution in [0.1, 0.15) is 44.9 Å². The highest BCUT2D eigenvalue weighted by Crippen LogP contribution is 2.44. The highest BCUT2D eigenvalue weighted by atomic mass is 127. The number of piperidine rings is 1. The van der Waals surface area contributed by atoms with E-state index in [2.05, 4.69) is 14.8 Å². The van der Waals surface area contributed by atoms with E-state index in [0.717, 1.165) is 39.4 Å². The number of ether oxygens (including phenoxy) is 1. The van der Waals surface area contributed by atoms with E-state index in [0.29, 0.717) is 11.4 Å². The van der Waals surface area contributed by atoms with Crippen LogP contribution in [0.15, 0.2) is 4.99 Å². The van der Waals surface area contributed by atoms with E-state index < -0.39 is 0 Å². The largest absolute Gasteiger partial charge is 0.378 e. The van der Waals surface area contributed by atoms with Gasteiger partial charge in [-0.1, -0.05) is 19.3 Å². The number of nitrogens with two attached hydrogens (primary N) is 1. The average Bonchev–Trinajstić information content (AvgIpc) is 2.58. The van der Waals surface area contributed by atoms with Gasteiger partial charge in [0.15, 0.2) is 5.96 Å². The summed E-state index contributed by atoms with van der Waals surface area (Å²) in [5.74, 6) is 0.698. The van der Waals surface area contributed by atoms with Gasteiger partial charge in [0.2, 0.25) is 0 Å². The Morgan fingerprint density at radius 1 is 0.957 bits per heavy atom. The second-order valence-corrected chi connectivity index (χ2v) is 7.24. The lowest BCUT2D eigenvalue weighted by molar-refractivity contribution is 0.0663. The molecule has 3 fully saturated rings. The number of likely N-dealkylation sites (tertiary alicyclic amines) is 1. The molecule has 0 bridgehead atoms. The summed E-state index contributed by atoms with van der Waals surface area (Å²) in [6.07, 6.45) is 10.1. The van der Waals surface area contributed by atoms with Gasteiger partial charge in [-0.05, 0) is 44.2 Å². The topological polar surface area (TPSA) is 54.1 Å². The van der Waals surface area contributed by atoms with Crippen LogP contribution in [-0.2, 0) is 4.74 Å². The van der Waals surface area contributed by atoms with E-state index in [1.165, 1.54) is 58.0 Å². The zero-order chi connectivity index (χ0) is 15.3. The van der Waals surface area contributed by atoms with Crippen molar-refractivity contribution in [2.45, 2.75) is 44.9 Å². The lowest BCUT2D eigenvalue weighted by Gasteiger charge is -2.44. The first kappa shape index (κ1) is 19.2. The van der Waals surface area contributed by atoms with Crippen molar-refractivity contribution in [2.24, 2.45) is 16.1 Å². The van der Waals surface area contributed by atoms with Crippen LogP contribution in [0, 0.1) is 5.41 Å². The molecule has 2 aliphatic heterocycles. The molecule has 3 aliphatic rings. The van der Waals surface area contributed by atoms with Crippen LogP contribution < -0.4 is 5.73 Å². The van der Waals surface area contributed by atoms with Crippen LogP contribution in [0.5, 0.6) is 0 Å². The summed E-state index contributed by atoms with van der Waals surface area (Å²) in [6.45, 7) is 7.69. The maximum atomic E-state index is 6.08. The van der Waals surface area contributed by atoms with E-state index in [-0.39, 0.29) is 24.0 Å². The summed E-state index contributed by atoms with van der Waals surface area (Å²) >= 11 is 0. The van der Waals surface area contributed by atoms with Gasteiger partial charge in [0.05, 0.1) is 19.8 Å². The third kappa shape index (κ3) is 5.46. The molecule has 0 aromatic heterocycles. The smallest absolute Gasteiger partial charge is 0.191 e. The Morgan fingerprint density at radius 3 is 2.26 bits per heavy atom. The first-order chi connectivity index (χ1) is 10.8. The Balaban J connectivity index is 0.00000192. The van der Waals surface area contributed by atoms with Gasteiger partial charge in [0.1, 0.15) is 0 Å². The molecule has 3 rings (SSSR count). The summed E-state index contributed by atoms with van der Waals surface area (Å²) in [5, 5.41) is 0. The summed E-state index contributed by atoms with van der Waals surface area (Å²) in [4.78, 5) is 9.28. The van der Waals surface area contributed by atoms with Crippen molar-refractivity contribution in [3.05, 3.63) is 0 Å². The fourth-order valence-corrected chi connectivity index (χ4v) is 4.25. The van der Waals surface area contributed by atoms with Crippen molar-refractivity contribution in [1.82, 2.24) is 9.80 Å². The fraction of sp³-hybridized carbons (Fsp3) is 0.941. The van der Waals surface area contributed by atoms with Gasteiger partial charge in [-0.3, -0.25) is 4.99 Å². The number of morpholine rings is 1. The molecule has 1 spiro atoms. The Labute approximate surface area is 158 Å². The van der Waals surface area contributed by atoms with Gasteiger partial charge in [-0.15, -0.1) is 24.0 Å². The van der Waals surface area contributed by atoms with Gasteiger partial charge in [-0.25, -0.2) is 0 Å². The van der Waals surface area contributed by atoms with Crippen LogP contribution in [0.3, 0.4) is 0 Å². The SMILES string of the molecule is I.NC(=NCCN1CCC2(CCCCC2)CC1)N1CCOCC1. The number of hydrogen-bond acceptors (Lipinski definition) is 3. The molecule has 0 atom stereocenters. The number of halogens is 1. The quantitative estimate of drug-likeness (QED) is 0.419. The summed E-state index contributed by atoms with van der Waals surface area (Å²) in [5.41, 5.74) is 6.78. The number of aliphatic imine (C=N–C) groups is 1. The number of nitrogens with zero attached hydrogens (tertiary/aromatic N) is 3. The van der Waals surface area contributed by atoms with E-state index in [9.17, 15) is 0 Å². The fourth-order valence-electron chi connectivity index (χ4n) is 4.25. The lowest BCUT2D eigenvalue weighted by atomic mass is 9.68. The molecule has 0 unspecified atom stereocenters. The molecule has 2 heterocycles. The summed E-state index contributed by atoms with van der Waals surface area (Å²) in [7, 11) is 0. The van der Waals surface area contributed by atoms with E-state index in [4.69, 9.17) is 10.5 Å². The van der Waals surface area contributed by atoms with Crippen molar-refractivity contribution in [1.29, 1.82) is 0 Å². The van der Waals surface area contributed by atoms with Gasteiger partial charge >= 0.3 is 0 Å². The van der Waals surface area contributed by atoms with Crippen molar-refractivity contribution in [3.8, 4) is 0 Å². The van der Waals surface area contributed by atoms with Gasteiger partial charge in [-0.2, -0.15) is 0 Å². The highest BCUT2D eigenvalue weighted by molar-refractivity contribution is 14.0. The number of rotatable bonds is 3. The molecule has 1 saturated carbocycles. The van der Waals surface area contributed by atoms with Crippen LogP contribution in [0.25, 0.3) is 0 Å². The normalized spacial score (nSPS) is 26.1. The number of hydrogen-bond donors (Lipinski definition) is 1. The molecule has 134 valence electrons. The molecular weight excluding hydrogens is 403 g/mol. The van der Waals surface area contributed by atoms with Crippen molar-refractivity contribution in [3.63, 3.8) is 0 Å². The minimum Gasteiger partial charge on any atom is -0.378 e. The molecule has 0 amide bonds. The van der Waals surface area contributed by atoms with E-state index in [1.54, 1.807) is 0 Å². The third-order valence-electron chi connectivity index (χ3n) is 5.86. The molecule has 2 saturated heterocycles. The van der Waals surface area contributed by atoms with Crippen LogP contribution in [0.4, 0.5) is 0 Å². The summed E-state index contributed by atoms with van der Waals surface area (Å²) in [6, 6.07) is 0. The third-order valence-corrected chi connectivity index (χ3v) is 5.86. The summed E-state index contributed by atoms with van der Waals surface area (Å²) < 4.78 is 5.34.